The van der Waals surface area contributed by atoms with E-state index in [2.05, 4.69) is 15.1 Å². The van der Waals surface area contributed by atoms with E-state index < -0.39 is 0 Å². The van der Waals surface area contributed by atoms with Crippen molar-refractivity contribution >= 4 is 0 Å². The van der Waals surface area contributed by atoms with E-state index in [1.54, 1.807) is 26.4 Å². The molecule has 0 unspecified atom stereocenters. The Bertz CT molecular complexity index is 1140. The molecule has 0 atom stereocenters. The number of ether oxygens (including phenoxy) is 3. The smallest absolute Gasteiger partial charge is 0.258 e. The Labute approximate surface area is 174 Å². The fraction of sp³-hybridized carbons (Fsp3) is 0.174. The third-order valence-electron chi connectivity index (χ3n) is 4.51. The van der Waals surface area contributed by atoms with Gasteiger partial charge in [-0.1, -0.05) is 35.5 Å². The highest BCUT2D eigenvalue weighted by Crippen LogP contribution is 2.34. The van der Waals surface area contributed by atoms with E-state index in [-0.39, 0.29) is 0 Å². The van der Waals surface area contributed by atoms with Gasteiger partial charge in [0.25, 0.3) is 5.89 Å². The van der Waals surface area contributed by atoms with E-state index >= 15 is 0 Å². The van der Waals surface area contributed by atoms with Gasteiger partial charge in [0.15, 0.2) is 11.5 Å². The van der Waals surface area contributed by atoms with E-state index in [0.29, 0.717) is 41.3 Å². The summed E-state index contributed by atoms with van der Waals surface area (Å²) in [5, 5.41) is 4.13. The summed E-state index contributed by atoms with van der Waals surface area (Å²) < 4.78 is 21.9. The molecule has 0 fully saturated rings. The van der Waals surface area contributed by atoms with Gasteiger partial charge in [0.05, 0.1) is 32.1 Å². The van der Waals surface area contributed by atoms with E-state index in [0.717, 1.165) is 16.8 Å². The molecule has 2 aromatic carbocycles. The Kier molecular flexibility index (Phi) is 5.61. The highest BCUT2D eigenvalue weighted by molar-refractivity contribution is 5.69. The SMILES string of the molecule is CCOc1nc(-c2ccccc2)ccc1-c1noc(-c2ccc(OC)c(OC)c2)n1. The summed E-state index contributed by atoms with van der Waals surface area (Å²) in [4.78, 5) is 9.19. The summed E-state index contributed by atoms with van der Waals surface area (Å²) in [6.07, 6.45) is 0. The molecule has 0 radical (unpaired) electrons. The number of nitrogens with zero attached hydrogens (tertiary/aromatic N) is 3. The predicted octanol–water partition coefficient (Wildman–Crippen LogP) is 4.88. The van der Waals surface area contributed by atoms with Gasteiger partial charge in [-0.05, 0) is 37.3 Å². The molecule has 7 nitrogen and oxygen atoms in total. The van der Waals surface area contributed by atoms with Gasteiger partial charge < -0.3 is 18.7 Å². The van der Waals surface area contributed by atoms with Crippen LogP contribution in [-0.4, -0.2) is 36.0 Å². The average Bonchev–Trinajstić information content (AvgIpc) is 3.29. The van der Waals surface area contributed by atoms with Crippen molar-refractivity contribution in [1.29, 1.82) is 0 Å². The van der Waals surface area contributed by atoms with E-state index in [1.807, 2.05) is 55.5 Å². The van der Waals surface area contributed by atoms with Gasteiger partial charge in [-0.2, -0.15) is 4.98 Å². The zero-order valence-electron chi connectivity index (χ0n) is 17.0. The average molecular weight is 403 g/mol. The number of pyridine rings is 1. The minimum atomic E-state index is 0.362. The van der Waals surface area contributed by atoms with E-state index in [4.69, 9.17) is 18.7 Å². The summed E-state index contributed by atoms with van der Waals surface area (Å²) in [5.74, 6) is 2.42. The highest BCUT2D eigenvalue weighted by atomic mass is 16.5. The Hall–Kier alpha value is -3.87. The molecule has 2 heterocycles. The maximum absolute atomic E-state index is 5.77. The van der Waals surface area contributed by atoms with Crippen molar-refractivity contribution in [3.63, 3.8) is 0 Å². The third kappa shape index (κ3) is 3.82. The van der Waals surface area contributed by atoms with Gasteiger partial charge >= 0.3 is 0 Å². The topological polar surface area (TPSA) is 79.5 Å². The molecule has 0 spiro atoms. The second-order valence-corrected chi connectivity index (χ2v) is 6.34. The molecule has 0 N–H and O–H groups in total. The number of benzene rings is 2. The van der Waals surface area contributed by atoms with Gasteiger partial charge in [-0.3, -0.25) is 0 Å². The molecule has 0 aliphatic carbocycles. The van der Waals surface area contributed by atoms with Crippen LogP contribution in [0.2, 0.25) is 0 Å². The number of hydrogen-bond donors (Lipinski definition) is 0. The van der Waals surface area contributed by atoms with Crippen LogP contribution < -0.4 is 14.2 Å². The quantitative estimate of drug-likeness (QED) is 0.435. The van der Waals surface area contributed by atoms with Crippen LogP contribution in [0, 0.1) is 0 Å². The maximum Gasteiger partial charge on any atom is 0.258 e. The third-order valence-corrected chi connectivity index (χ3v) is 4.51. The molecule has 152 valence electrons. The first-order chi connectivity index (χ1) is 14.7. The standard InChI is InChI=1S/C23H21N3O4/c1-4-29-23-17(11-12-18(24-23)15-8-6-5-7-9-15)21-25-22(30-26-21)16-10-13-19(27-2)20(14-16)28-3/h5-14H,4H2,1-3H3. The zero-order chi connectivity index (χ0) is 20.9. The number of hydrogen-bond acceptors (Lipinski definition) is 7. The second kappa shape index (κ2) is 8.65. The summed E-state index contributed by atoms with van der Waals surface area (Å²) in [7, 11) is 3.17. The lowest BCUT2D eigenvalue weighted by molar-refractivity contribution is 0.328. The van der Waals surface area contributed by atoms with Crippen molar-refractivity contribution in [2.75, 3.05) is 20.8 Å². The molecule has 0 saturated heterocycles. The predicted molar refractivity (Wildman–Crippen MR) is 113 cm³/mol. The van der Waals surface area contributed by atoms with Crippen LogP contribution in [0.4, 0.5) is 0 Å². The Morgan fingerprint density at radius 1 is 0.833 bits per heavy atom. The minimum Gasteiger partial charge on any atom is -0.493 e. The molecular weight excluding hydrogens is 382 g/mol. The lowest BCUT2D eigenvalue weighted by Crippen LogP contribution is -1.99. The molecule has 30 heavy (non-hydrogen) atoms. The molecule has 7 heteroatoms. The molecule has 0 amide bonds. The number of aromatic nitrogens is 3. The second-order valence-electron chi connectivity index (χ2n) is 6.34. The van der Waals surface area contributed by atoms with Crippen molar-refractivity contribution in [1.82, 2.24) is 15.1 Å². The van der Waals surface area contributed by atoms with Crippen LogP contribution in [0.15, 0.2) is 65.2 Å². The molecule has 0 saturated carbocycles. The van der Waals surface area contributed by atoms with Gasteiger partial charge in [0, 0.05) is 11.1 Å². The lowest BCUT2D eigenvalue weighted by atomic mass is 10.1. The van der Waals surface area contributed by atoms with E-state index in [9.17, 15) is 0 Å². The maximum atomic E-state index is 5.77. The summed E-state index contributed by atoms with van der Waals surface area (Å²) in [5.41, 5.74) is 3.20. The molecule has 0 bridgehead atoms. The van der Waals surface area contributed by atoms with E-state index in [1.165, 1.54) is 0 Å². The minimum absolute atomic E-state index is 0.362. The first kappa shape index (κ1) is 19.4. The molecule has 0 aliphatic rings. The number of methoxy groups -OCH3 is 2. The summed E-state index contributed by atoms with van der Waals surface area (Å²) in [6.45, 7) is 2.38. The molecule has 4 aromatic rings. The summed E-state index contributed by atoms with van der Waals surface area (Å²) >= 11 is 0. The highest BCUT2D eigenvalue weighted by Gasteiger charge is 2.18. The van der Waals surface area contributed by atoms with Crippen LogP contribution in [0.1, 0.15) is 6.92 Å². The van der Waals surface area contributed by atoms with Crippen molar-refractivity contribution < 1.29 is 18.7 Å². The van der Waals surface area contributed by atoms with Crippen molar-refractivity contribution in [3.8, 4) is 51.5 Å². The molecule has 0 aliphatic heterocycles. The lowest BCUT2D eigenvalue weighted by Gasteiger charge is -2.09. The number of rotatable bonds is 7. The molecule has 4 rings (SSSR count). The van der Waals surface area contributed by atoms with Crippen LogP contribution in [0.25, 0.3) is 34.1 Å². The monoisotopic (exact) mass is 403 g/mol. The van der Waals surface area contributed by atoms with Gasteiger partial charge in [-0.15, -0.1) is 0 Å². The van der Waals surface area contributed by atoms with Crippen LogP contribution in [-0.2, 0) is 0 Å². The van der Waals surface area contributed by atoms with Crippen LogP contribution >= 0.6 is 0 Å². The zero-order valence-corrected chi connectivity index (χ0v) is 17.0. The van der Waals surface area contributed by atoms with Crippen molar-refractivity contribution in [2.24, 2.45) is 0 Å². The molecule has 2 aromatic heterocycles. The van der Waals surface area contributed by atoms with Crippen molar-refractivity contribution in [2.45, 2.75) is 6.92 Å². The van der Waals surface area contributed by atoms with Gasteiger partial charge in [0.1, 0.15) is 0 Å². The van der Waals surface area contributed by atoms with Gasteiger partial charge in [-0.25, -0.2) is 4.98 Å². The Morgan fingerprint density at radius 3 is 2.37 bits per heavy atom. The molecular formula is C23H21N3O4. The summed E-state index contributed by atoms with van der Waals surface area (Å²) in [6, 6.07) is 19.1. The normalized spacial score (nSPS) is 10.6. The van der Waals surface area contributed by atoms with Crippen LogP contribution in [0.5, 0.6) is 17.4 Å². The fourth-order valence-corrected chi connectivity index (χ4v) is 3.05. The first-order valence-electron chi connectivity index (χ1n) is 9.49. The largest absolute Gasteiger partial charge is 0.493 e. The Balaban J connectivity index is 1.70. The Morgan fingerprint density at radius 2 is 1.63 bits per heavy atom. The first-order valence-corrected chi connectivity index (χ1v) is 9.49. The van der Waals surface area contributed by atoms with Crippen LogP contribution in [0.3, 0.4) is 0 Å². The van der Waals surface area contributed by atoms with Crippen molar-refractivity contribution in [3.05, 3.63) is 60.7 Å². The fourth-order valence-electron chi connectivity index (χ4n) is 3.05. The van der Waals surface area contributed by atoms with Gasteiger partial charge in [0.2, 0.25) is 11.7 Å².